The van der Waals surface area contributed by atoms with Crippen LogP contribution in [0.2, 0.25) is 0 Å². The fourth-order valence-corrected chi connectivity index (χ4v) is 1.80. The lowest BCUT2D eigenvalue weighted by atomic mass is 9.93. The first-order chi connectivity index (χ1) is 7.11. The summed E-state index contributed by atoms with van der Waals surface area (Å²) in [4.78, 5) is 22.4. The van der Waals surface area contributed by atoms with Crippen molar-refractivity contribution in [1.29, 1.82) is 0 Å². The molecule has 0 fully saturated rings. The molecule has 1 aliphatic rings. The van der Waals surface area contributed by atoms with Crippen molar-refractivity contribution >= 4 is 11.9 Å². The van der Waals surface area contributed by atoms with Crippen LogP contribution in [0.4, 0.5) is 0 Å². The quantitative estimate of drug-likeness (QED) is 0.760. The van der Waals surface area contributed by atoms with Gasteiger partial charge in [0, 0.05) is 12.1 Å². The van der Waals surface area contributed by atoms with Crippen molar-refractivity contribution in [3.8, 4) is 0 Å². The third-order valence-corrected chi connectivity index (χ3v) is 2.69. The van der Waals surface area contributed by atoms with Crippen LogP contribution in [-0.2, 0) is 11.3 Å². The van der Waals surface area contributed by atoms with Crippen molar-refractivity contribution in [2.45, 2.75) is 19.4 Å². The number of fused-ring (bicyclic) bond motifs is 1. The molecule has 1 heterocycles. The van der Waals surface area contributed by atoms with E-state index < -0.39 is 11.9 Å². The predicted molar refractivity (Wildman–Crippen MR) is 53.7 cm³/mol. The topological polar surface area (TPSA) is 66.4 Å². The van der Waals surface area contributed by atoms with Gasteiger partial charge in [-0.05, 0) is 18.1 Å². The second-order valence-electron chi connectivity index (χ2n) is 3.62. The second kappa shape index (κ2) is 3.38. The Labute approximate surface area is 86.9 Å². The number of amides is 1. The van der Waals surface area contributed by atoms with Crippen LogP contribution in [0.1, 0.15) is 34.3 Å². The molecule has 0 radical (unpaired) electrons. The van der Waals surface area contributed by atoms with Crippen molar-refractivity contribution in [1.82, 2.24) is 5.32 Å². The molecule has 0 aliphatic carbocycles. The third-order valence-electron chi connectivity index (χ3n) is 2.69. The van der Waals surface area contributed by atoms with Gasteiger partial charge in [-0.3, -0.25) is 9.59 Å². The number of nitrogens with one attached hydrogen (secondary N) is 1. The molecule has 15 heavy (non-hydrogen) atoms. The molecule has 1 aliphatic heterocycles. The van der Waals surface area contributed by atoms with Gasteiger partial charge >= 0.3 is 5.97 Å². The molecule has 1 amide bonds. The van der Waals surface area contributed by atoms with E-state index in [9.17, 15) is 9.59 Å². The molecule has 1 aromatic carbocycles. The fourth-order valence-electron chi connectivity index (χ4n) is 1.80. The molecule has 1 atom stereocenters. The van der Waals surface area contributed by atoms with Crippen LogP contribution >= 0.6 is 0 Å². The number of hydrogen-bond acceptors (Lipinski definition) is 2. The number of carboxylic acids is 1. The second-order valence-corrected chi connectivity index (χ2v) is 3.62. The van der Waals surface area contributed by atoms with Crippen molar-refractivity contribution in [3.63, 3.8) is 0 Å². The van der Waals surface area contributed by atoms with Gasteiger partial charge in [-0.25, -0.2) is 0 Å². The maximum Gasteiger partial charge on any atom is 0.310 e. The molecule has 0 saturated heterocycles. The molecule has 78 valence electrons. The molecular formula is C11H11NO3. The molecular weight excluding hydrogens is 194 g/mol. The van der Waals surface area contributed by atoms with Crippen LogP contribution < -0.4 is 5.32 Å². The van der Waals surface area contributed by atoms with Crippen LogP contribution in [0.5, 0.6) is 0 Å². The molecule has 1 aromatic rings. The summed E-state index contributed by atoms with van der Waals surface area (Å²) in [7, 11) is 0. The third kappa shape index (κ3) is 1.48. The smallest absolute Gasteiger partial charge is 0.310 e. The minimum absolute atomic E-state index is 0.172. The molecule has 4 heteroatoms. The van der Waals surface area contributed by atoms with Crippen LogP contribution in [0.15, 0.2) is 18.2 Å². The van der Waals surface area contributed by atoms with E-state index in [0.717, 1.165) is 5.56 Å². The Bertz CT molecular complexity index is 439. The molecule has 0 bridgehead atoms. The summed E-state index contributed by atoms with van der Waals surface area (Å²) in [5, 5.41) is 11.6. The number of carboxylic acid groups (broad SMARTS) is 1. The molecule has 2 N–H and O–H groups in total. The van der Waals surface area contributed by atoms with E-state index in [1.54, 1.807) is 19.1 Å². The van der Waals surface area contributed by atoms with E-state index in [1.165, 1.54) is 0 Å². The maximum atomic E-state index is 11.5. The van der Waals surface area contributed by atoms with E-state index in [-0.39, 0.29) is 5.91 Å². The van der Waals surface area contributed by atoms with E-state index >= 15 is 0 Å². The van der Waals surface area contributed by atoms with Crippen LogP contribution in [0.3, 0.4) is 0 Å². The van der Waals surface area contributed by atoms with E-state index in [2.05, 4.69) is 5.32 Å². The summed E-state index contributed by atoms with van der Waals surface area (Å²) in [5.41, 5.74) is 2.01. The highest BCUT2D eigenvalue weighted by Crippen LogP contribution is 2.26. The highest BCUT2D eigenvalue weighted by molar-refractivity contribution is 6.01. The minimum Gasteiger partial charge on any atom is -0.481 e. The summed E-state index contributed by atoms with van der Waals surface area (Å²) in [5.74, 6) is -1.74. The number of aliphatic carboxylic acids is 1. The zero-order valence-electron chi connectivity index (χ0n) is 8.28. The van der Waals surface area contributed by atoms with Gasteiger partial charge in [0.15, 0.2) is 0 Å². The summed E-state index contributed by atoms with van der Waals surface area (Å²) < 4.78 is 0. The lowest BCUT2D eigenvalue weighted by Gasteiger charge is -2.10. The Morgan fingerprint density at radius 1 is 1.53 bits per heavy atom. The van der Waals surface area contributed by atoms with Crippen LogP contribution in [0, 0.1) is 0 Å². The van der Waals surface area contributed by atoms with Crippen LogP contribution in [0.25, 0.3) is 0 Å². The Balaban J connectivity index is 2.54. The standard InChI is InChI=1S/C11H11NO3/c1-6(11(14)15)8-4-2-3-7-5-12-10(13)9(7)8/h2-4,6H,5H2,1H3,(H,12,13)(H,14,15). The monoisotopic (exact) mass is 205 g/mol. The zero-order chi connectivity index (χ0) is 11.0. The average molecular weight is 205 g/mol. The van der Waals surface area contributed by atoms with Gasteiger partial charge in [-0.2, -0.15) is 0 Å². The zero-order valence-corrected chi connectivity index (χ0v) is 8.28. The molecule has 0 saturated carbocycles. The predicted octanol–water partition coefficient (Wildman–Crippen LogP) is 1.12. The van der Waals surface area contributed by atoms with Gasteiger partial charge < -0.3 is 10.4 Å². The molecule has 1 unspecified atom stereocenters. The van der Waals surface area contributed by atoms with Gasteiger partial charge in [0.25, 0.3) is 5.91 Å². The lowest BCUT2D eigenvalue weighted by Crippen LogP contribution is -2.16. The Morgan fingerprint density at radius 3 is 2.93 bits per heavy atom. The van der Waals surface area contributed by atoms with Crippen molar-refractivity contribution in [2.75, 3.05) is 0 Å². The Morgan fingerprint density at radius 2 is 2.27 bits per heavy atom. The van der Waals surface area contributed by atoms with Gasteiger partial charge in [-0.15, -0.1) is 0 Å². The van der Waals surface area contributed by atoms with E-state index in [1.807, 2.05) is 6.07 Å². The number of carbonyl (C=O) groups is 2. The highest BCUT2D eigenvalue weighted by Gasteiger charge is 2.26. The van der Waals surface area contributed by atoms with Gasteiger partial charge in [0.1, 0.15) is 0 Å². The number of carbonyl (C=O) groups excluding carboxylic acids is 1. The Kier molecular flexibility index (Phi) is 2.19. The van der Waals surface area contributed by atoms with Gasteiger partial charge in [0.2, 0.25) is 0 Å². The largest absolute Gasteiger partial charge is 0.481 e. The summed E-state index contributed by atoms with van der Waals surface area (Å²) in [6.07, 6.45) is 0. The molecule has 4 nitrogen and oxygen atoms in total. The minimum atomic E-state index is -0.914. The summed E-state index contributed by atoms with van der Waals surface area (Å²) in [6, 6.07) is 5.32. The van der Waals surface area contributed by atoms with E-state index in [4.69, 9.17) is 5.11 Å². The average Bonchev–Trinajstić information content (AvgIpc) is 2.59. The van der Waals surface area contributed by atoms with Crippen molar-refractivity contribution < 1.29 is 14.7 Å². The maximum absolute atomic E-state index is 11.5. The number of benzene rings is 1. The van der Waals surface area contributed by atoms with Gasteiger partial charge in [0.05, 0.1) is 5.92 Å². The van der Waals surface area contributed by atoms with Crippen LogP contribution in [-0.4, -0.2) is 17.0 Å². The Hall–Kier alpha value is -1.84. The lowest BCUT2D eigenvalue weighted by molar-refractivity contribution is -0.138. The van der Waals surface area contributed by atoms with Gasteiger partial charge in [-0.1, -0.05) is 18.2 Å². The first-order valence-electron chi connectivity index (χ1n) is 4.74. The number of hydrogen-bond donors (Lipinski definition) is 2. The first kappa shape index (κ1) is 9.71. The fraction of sp³-hybridized carbons (Fsp3) is 0.273. The van der Waals surface area contributed by atoms with Crippen molar-refractivity contribution in [2.24, 2.45) is 0 Å². The molecule has 2 rings (SSSR count). The van der Waals surface area contributed by atoms with E-state index in [0.29, 0.717) is 17.7 Å². The number of rotatable bonds is 2. The summed E-state index contributed by atoms with van der Waals surface area (Å²) in [6.45, 7) is 2.08. The van der Waals surface area contributed by atoms with Crippen molar-refractivity contribution in [3.05, 3.63) is 34.9 Å². The molecule has 0 spiro atoms. The highest BCUT2D eigenvalue weighted by atomic mass is 16.4. The molecule has 0 aromatic heterocycles. The first-order valence-corrected chi connectivity index (χ1v) is 4.74. The normalized spacial score (nSPS) is 15.7. The summed E-state index contributed by atoms with van der Waals surface area (Å²) >= 11 is 0. The SMILES string of the molecule is CC(C(=O)O)c1cccc2c1C(=O)NC2.